The van der Waals surface area contributed by atoms with Gasteiger partial charge in [-0.1, -0.05) is 6.92 Å². The quantitative estimate of drug-likeness (QED) is 0.716. The zero-order valence-corrected chi connectivity index (χ0v) is 13.8. The van der Waals surface area contributed by atoms with Gasteiger partial charge < -0.3 is 14.8 Å². The van der Waals surface area contributed by atoms with E-state index in [1.165, 1.54) is 26.5 Å². The van der Waals surface area contributed by atoms with Gasteiger partial charge in [0.25, 0.3) is 5.91 Å². The van der Waals surface area contributed by atoms with E-state index in [9.17, 15) is 9.90 Å². The zero-order valence-electron chi connectivity index (χ0n) is 12.2. The van der Waals surface area contributed by atoms with Crippen molar-refractivity contribution in [3.8, 4) is 0 Å². The minimum Gasteiger partial charge on any atom is -0.467 e. The van der Waals surface area contributed by atoms with Crippen LogP contribution in [0, 0.1) is 0 Å². The number of hydrogen-bond acceptors (Lipinski definition) is 5. The van der Waals surface area contributed by atoms with E-state index in [2.05, 4.69) is 18.3 Å². The third-order valence-corrected chi connectivity index (χ3v) is 5.95. The molecular formula is C16H17NO3S2. The maximum atomic E-state index is 12.1. The molecule has 0 radical (unpaired) electrons. The first-order chi connectivity index (χ1) is 10.7. The third-order valence-electron chi connectivity index (χ3n) is 3.41. The molecule has 3 aromatic heterocycles. The fourth-order valence-corrected chi connectivity index (χ4v) is 4.56. The molecule has 0 bridgehead atoms. The summed E-state index contributed by atoms with van der Waals surface area (Å²) >= 11 is 3.27. The molecule has 0 aliphatic rings. The van der Waals surface area contributed by atoms with E-state index >= 15 is 0 Å². The van der Waals surface area contributed by atoms with Crippen molar-refractivity contribution in [2.24, 2.45) is 0 Å². The van der Waals surface area contributed by atoms with Crippen LogP contribution in [0.1, 0.15) is 39.8 Å². The molecule has 0 aliphatic heterocycles. The van der Waals surface area contributed by atoms with Crippen LogP contribution in [0.25, 0.3) is 9.40 Å². The van der Waals surface area contributed by atoms with E-state index in [1.54, 1.807) is 23.5 Å². The van der Waals surface area contributed by atoms with Gasteiger partial charge in [-0.05, 0) is 37.1 Å². The third kappa shape index (κ3) is 3.24. The minimum atomic E-state index is -0.686. The maximum Gasteiger partial charge on any atom is 0.261 e. The van der Waals surface area contributed by atoms with Gasteiger partial charge in [-0.3, -0.25) is 4.79 Å². The molecule has 3 heterocycles. The molecule has 0 spiro atoms. The number of aliphatic hydroxyl groups is 1. The fourth-order valence-electron chi connectivity index (χ4n) is 2.21. The smallest absolute Gasteiger partial charge is 0.261 e. The summed E-state index contributed by atoms with van der Waals surface area (Å²) in [6.45, 7) is 2.54. The molecule has 6 heteroatoms. The molecule has 0 saturated carbocycles. The van der Waals surface area contributed by atoms with Crippen molar-refractivity contribution in [3.05, 3.63) is 46.0 Å². The molecule has 0 aliphatic carbocycles. The molecule has 3 aromatic rings. The Balaban J connectivity index is 1.55. The van der Waals surface area contributed by atoms with Gasteiger partial charge in [-0.25, -0.2) is 0 Å². The second kappa shape index (κ2) is 6.64. The summed E-state index contributed by atoms with van der Waals surface area (Å²) in [5.41, 5.74) is 0. The van der Waals surface area contributed by atoms with Gasteiger partial charge in [-0.2, -0.15) is 0 Å². The van der Waals surface area contributed by atoms with Crippen LogP contribution < -0.4 is 5.32 Å². The first-order valence-corrected chi connectivity index (χ1v) is 8.82. The number of thiophene rings is 2. The van der Waals surface area contributed by atoms with Crippen molar-refractivity contribution in [3.63, 3.8) is 0 Å². The van der Waals surface area contributed by atoms with Crippen molar-refractivity contribution in [1.29, 1.82) is 0 Å². The minimum absolute atomic E-state index is 0.0851. The molecule has 0 aromatic carbocycles. The lowest BCUT2D eigenvalue weighted by atomic mass is 10.2. The van der Waals surface area contributed by atoms with Crippen molar-refractivity contribution >= 4 is 38.0 Å². The van der Waals surface area contributed by atoms with Crippen LogP contribution in [0.2, 0.25) is 0 Å². The molecule has 1 amide bonds. The number of rotatable bonds is 6. The Kier molecular flexibility index (Phi) is 4.61. The van der Waals surface area contributed by atoms with E-state index in [1.807, 2.05) is 6.07 Å². The lowest BCUT2D eigenvalue weighted by Gasteiger charge is -2.08. The van der Waals surface area contributed by atoms with Crippen LogP contribution >= 0.6 is 22.7 Å². The number of nitrogens with one attached hydrogen (secondary N) is 1. The average molecular weight is 335 g/mol. The first kappa shape index (κ1) is 15.3. The van der Waals surface area contributed by atoms with E-state index in [4.69, 9.17) is 4.42 Å². The maximum absolute atomic E-state index is 12.1. The monoisotopic (exact) mass is 335 g/mol. The lowest BCUT2D eigenvalue weighted by molar-refractivity contribution is 0.0940. The highest BCUT2D eigenvalue weighted by Crippen LogP contribution is 2.33. The number of fused-ring (bicyclic) bond motifs is 1. The molecule has 22 heavy (non-hydrogen) atoms. The molecule has 1 atom stereocenters. The fraction of sp³-hybridized carbons (Fsp3) is 0.312. The standard InChI is InChI=1S/C16H17NO3S2/c1-2-11-8-10-9-14(22-16(10)21-11)15(19)17-6-5-12(18)13-4-3-7-20-13/h3-4,7-9,12,18H,2,5-6H2,1H3,(H,17,19). The van der Waals surface area contributed by atoms with Gasteiger partial charge in [0.1, 0.15) is 11.9 Å². The van der Waals surface area contributed by atoms with Gasteiger partial charge in [0, 0.05) is 16.8 Å². The highest BCUT2D eigenvalue weighted by atomic mass is 32.2. The van der Waals surface area contributed by atoms with Gasteiger partial charge in [0.15, 0.2) is 0 Å². The van der Waals surface area contributed by atoms with Gasteiger partial charge in [0.2, 0.25) is 0 Å². The van der Waals surface area contributed by atoms with Gasteiger partial charge in [-0.15, -0.1) is 22.7 Å². The molecule has 4 nitrogen and oxygen atoms in total. The van der Waals surface area contributed by atoms with Crippen molar-refractivity contribution in [2.75, 3.05) is 6.54 Å². The molecule has 116 valence electrons. The highest BCUT2D eigenvalue weighted by Gasteiger charge is 2.14. The van der Waals surface area contributed by atoms with Gasteiger partial charge in [0.05, 0.1) is 15.2 Å². The predicted molar refractivity (Wildman–Crippen MR) is 89.7 cm³/mol. The van der Waals surface area contributed by atoms with Crippen LogP contribution in [0.15, 0.2) is 34.9 Å². The normalized spacial score (nSPS) is 12.6. The van der Waals surface area contributed by atoms with E-state index in [0.29, 0.717) is 18.7 Å². The SMILES string of the molecule is CCc1cc2cc(C(=O)NCCC(O)c3ccco3)sc2s1. The molecule has 0 saturated heterocycles. The number of amides is 1. The van der Waals surface area contributed by atoms with E-state index in [-0.39, 0.29) is 5.91 Å². The van der Waals surface area contributed by atoms with Crippen LogP contribution in [-0.4, -0.2) is 17.6 Å². The number of aliphatic hydroxyl groups excluding tert-OH is 1. The Morgan fingerprint density at radius 3 is 2.95 bits per heavy atom. The number of hydrogen-bond donors (Lipinski definition) is 2. The zero-order chi connectivity index (χ0) is 15.5. The van der Waals surface area contributed by atoms with Crippen LogP contribution in [0.3, 0.4) is 0 Å². The summed E-state index contributed by atoms with van der Waals surface area (Å²) in [4.78, 5) is 14.2. The van der Waals surface area contributed by atoms with Crippen molar-refractivity contribution < 1.29 is 14.3 Å². The molecule has 2 N–H and O–H groups in total. The molecule has 3 rings (SSSR count). The summed E-state index contributed by atoms with van der Waals surface area (Å²) < 4.78 is 6.32. The topological polar surface area (TPSA) is 62.5 Å². The largest absolute Gasteiger partial charge is 0.467 e. The van der Waals surface area contributed by atoms with E-state index in [0.717, 1.165) is 16.7 Å². The van der Waals surface area contributed by atoms with Crippen LogP contribution in [-0.2, 0) is 6.42 Å². The summed E-state index contributed by atoms with van der Waals surface area (Å²) in [6.07, 6.45) is 2.30. The Morgan fingerprint density at radius 2 is 2.27 bits per heavy atom. The summed E-state index contributed by atoms with van der Waals surface area (Å²) in [6, 6.07) is 7.55. The Morgan fingerprint density at radius 1 is 1.41 bits per heavy atom. The highest BCUT2D eigenvalue weighted by molar-refractivity contribution is 7.39. The number of carbonyl (C=O) groups excluding carboxylic acids is 1. The Labute approximate surface area is 136 Å². The Hall–Kier alpha value is -1.63. The molecule has 1 unspecified atom stereocenters. The summed E-state index contributed by atoms with van der Waals surface area (Å²) in [5.74, 6) is 0.441. The van der Waals surface area contributed by atoms with Crippen molar-refractivity contribution in [2.45, 2.75) is 25.9 Å². The van der Waals surface area contributed by atoms with Crippen LogP contribution in [0.4, 0.5) is 0 Å². The second-order valence-corrected chi connectivity index (χ2v) is 7.44. The second-order valence-electron chi connectivity index (χ2n) is 5.00. The first-order valence-electron chi connectivity index (χ1n) is 7.19. The number of furan rings is 1. The number of aryl methyl sites for hydroxylation is 1. The average Bonchev–Trinajstić information content (AvgIpc) is 3.21. The Bertz CT molecular complexity index is 726. The van der Waals surface area contributed by atoms with E-state index < -0.39 is 6.10 Å². The van der Waals surface area contributed by atoms with Crippen LogP contribution in [0.5, 0.6) is 0 Å². The predicted octanol–water partition coefficient (Wildman–Crippen LogP) is 3.97. The molecular weight excluding hydrogens is 318 g/mol. The number of carbonyl (C=O) groups is 1. The lowest BCUT2D eigenvalue weighted by Crippen LogP contribution is -2.24. The van der Waals surface area contributed by atoms with Gasteiger partial charge >= 0.3 is 0 Å². The summed E-state index contributed by atoms with van der Waals surface area (Å²) in [5, 5.41) is 13.9. The van der Waals surface area contributed by atoms with Crippen molar-refractivity contribution in [1.82, 2.24) is 5.32 Å². The summed E-state index contributed by atoms with van der Waals surface area (Å²) in [7, 11) is 0. The molecule has 0 fully saturated rings.